The first-order valence-corrected chi connectivity index (χ1v) is 11.2. The van der Waals surface area contributed by atoms with Gasteiger partial charge in [0.1, 0.15) is 18.4 Å². The number of carboxylic acid groups (broad SMARTS) is 1. The van der Waals surface area contributed by atoms with Crippen LogP contribution in [0, 0.1) is 5.41 Å². The quantitative estimate of drug-likeness (QED) is 0.488. The summed E-state index contributed by atoms with van der Waals surface area (Å²) in [6, 6.07) is 3.49. The molecule has 0 radical (unpaired) electrons. The third kappa shape index (κ3) is 7.02. The van der Waals surface area contributed by atoms with Gasteiger partial charge in [-0.2, -0.15) is 0 Å². The number of aliphatic carboxylic acids is 1. The monoisotopic (exact) mass is 479 g/mol. The van der Waals surface area contributed by atoms with E-state index < -0.39 is 53.7 Å². The van der Waals surface area contributed by atoms with Crippen molar-refractivity contribution in [2.45, 2.75) is 64.6 Å². The zero-order chi connectivity index (χ0) is 24.8. The summed E-state index contributed by atoms with van der Waals surface area (Å²) in [5, 5.41) is 14.4. The summed E-state index contributed by atoms with van der Waals surface area (Å²) in [6.07, 6.45) is 1.55. The molecule has 9 nitrogen and oxygen atoms in total. The molecule has 0 unspecified atom stereocenters. The summed E-state index contributed by atoms with van der Waals surface area (Å²) in [6.45, 7) is 5.71. The number of rotatable bonds is 8. The molecule has 10 heteroatoms. The minimum atomic E-state index is -1.22. The Morgan fingerprint density at radius 1 is 1.18 bits per heavy atom. The average Bonchev–Trinajstić information content (AvgIpc) is 2.75. The Morgan fingerprint density at radius 3 is 2.42 bits per heavy atom. The SMILES string of the molecule is CC(C)(C)[C@H](NC(=O)c1ccccc1Cl)C(=O)N1CCCC[C@H]1C(=O)N[C@H](C=O)CC(=O)O. The highest BCUT2D eigenvalue weighted by Crippen LogP contribution is 2.26. The van der Waals surface area contributed by atoms with E-state index in [0.717, 1.165) is 0 Å². The molecule has 0 aliphatic carbocycles. The van der Waals surface area contributed by atoms with Gasteiger partial charge in [0, 0.05) is 6.54 Å². The standard InChI is InChI=1S/C23H30ClN3O6/c1-23(2,3)19(26-20(31)15-8-4-5-9-16(15)24)22(33)27-11-7-6-10-17(27)21(32)25-14(13-28)12-18(29)30/h4-5,8-9,13-14,17,19H,6-7,10-12H2,1-3H3,(H,25,32)(H,26,31)(H,29,30)/t14-,17-,19+/m0/s1. The predicted octanol–water partition coefficient (Wildman–Crippen LogP) is 2.02. The van der Waals surface area contributed by atoms with Crippen molar-refractivity contribution >= 4 is 41.6 Å². The number of amides is 3. The first kappa shape index (κ1) is 26.3. The number of halogens is 1. The fourth-order valence-corrected chi connectivity index (χ4v) is 3.96. The first-order chi connectivity index (χ1) is 15.5. The smallest absolute Gasteiger partial charge is 0.305 e. The summed E-state index contributed by atoms with van der Waals surface area (Å²) in [5.41, 5.74) is -0.446. The van der Waals surface area contributed by atoms with E-state index in [1.54, 1.807) is 45.0 Å². The van der Waals surface area contributed by atoms with Crippen molar-refractivity contribution in [1.29, 1.82) is 0 Å². The number of likely N-dealkylation sites (tertiary alicyclic amines) is 1. The Bertz CT molecular complexity index is 914. The van der Waals surface area contributed by atoms with Crippen LogP contribution in [0.3, 0.4) is 0 Å². The van der Waals surface area contributed by atoms with E-state index in [1.807, 2.05) is 0 Å². The molecule has 0 spiro atoms. The predicted molar refractivity (Wildman–Crippen MR) is 122 cm³/mol. The van der Waals surface area contributed by atoms with E-state index in [2.05, 4.69) is 10.6 Å². The minimum Gasteiger partial charge on any atom is -0.481 e. The lowest BCUT2D eigenvalue weighted by Crippen LogP contribution is -2.61. The molecule has 1 aromatic carbocycles. The van der Waals surface area contributed by atoms with Gasteiger partial charge in [0.25, 0.3) is 5.91 Å². The van der Waals surface area contributed by atoms with Gasteiger partial charge in [-0.1, -0.05) is 44.5 Å². The molecule has 0 saturated carbocycles. The van der Waals surface area contributed by atoms with E-state index in [0.29, 0.717) is 32.1 Å². The van der Waals surface area contributed by atoms with Crippen LogP contribution in [0.15, 0.2) is 24.3 Å². The number of hydrogen-bond acceptors (Lipinski definition) is 5. The highest BCUT2D eigenvalue weighted by Gasteiger charge is 2.41. The summed E-state index contributed by atoms with van der Waals surface area (Å²) in [7, 11) is 0. The number of carbonyl (C=O) groups is 5. The number of benzene rings is 1. The highest BCUT2D eigenvalue weighted by molar-refractivity contribution is 6.33. The molecule has 1 aliphatic rings. The third-order valence-corrected chi connectivity index (χ3v) is 5.81. The Kier molecular flexibility index (Phi) is 8.99. The molecular formula is C23H30ClN3O6. The van der Waals surface area contributed by atoms with Gasteiger partial charge >= 0.3 is 5.97 Å². The van der Waals surface area contributed by atoms with Crippen LogP contribution in [0.4, 0.5) is 0 Å². The Morgan fingerprint density at radius 2 is 1.85 bits per heavy atom. The van der Waals surface area contributed by atoms with Gasteiger partial charge in [-0.25, -0.2) is 0 Å². The molecule has 180 valence electrons. The maximum absolute atomic E-state index is 13.6. The maximum Gasteiger partial charge on any atom is 0.305 e. The van der Waals surface area contributed by atoms with Gasteiger partial charge in [0.2, 0.25) is 11.8 Å². The van der Waals surface area contributed by atoms with Gasteiger partial charge in [0.15, 0.2) is 0 Å². The third-order valence-electron chi connectivity index (χ3n) is 5.48. The Balaban J connectivity index is 2.25. The number of carboxylic acids is 1. The topological polar surface area (TPSA) is 133 Å². The molecule has 3 atom stereocenters. The van der Waals surface area contributed by atoms with Crippen LogP contribution in [0.5, 0.6) is 0 Å². The fraction of sp³-hybridized carbons (Fsp3) is 0.522. The zero-order valence-electron chi connectivity index (χ0n) is 19.0. The van der Waals surface area contributed by atoms with Crippen LogP contribution in [0.2, 0.25) is 5.02 Å². The van der Waals surface area contributed by atoms with Crippen LogP contribution < -0.4 is 10.6 Å². The number of hydrogen-bond donors (Lipinski definition) is 3. The Hall–Kier alpha value is -2.94. The van der Waals surface area contributed by atoms with Gasteiger partial charge in [0.05, 0.1) is 23.0 Å². The number of nitrogens with one attached hydrogen (secondary N) is 2. The number of piperidine rings is 1. The number of aldehydes is 1. The van der Waals surface area contributed by atoms with Gasteiger partial charge < -0.3 is 25.4 Å². The minimum absolute atomic E-state index is 0.233. The lowest BCUT2D eigenvalue weighted by molar-refractivity contribution is -0.146. The molecular weight excluding hydrogens is 450 g/mol. The lowest BCUT2D eigenvalue weighted by Gasteiger charge is -2.40. The molecule has 2 rings (SSSR count). The van der Waals surface area contributed by atoms with Crippen molar-refractivity contribution in [3.63, 3.8) is 0 Å². The van der Waals surface area contributed by atoms with Crippen molar-refractivity contribution in [1.82, 2.24) is 15.5 Å². The van der Waals surface area contributed by atoms with Gasteiger partial charge in [-0.15, -0.1) is 0 Å². The van der Waals surface area contributed by atoms with Crippen molar-refractivity contribution < 1.29 is 29.1 Å². The summed E-state index contributed by atoms with van der Waals surface area (Å²) in [4.78, 5) is 62.8. The number of carbonyl (C=O) groups excluding carboxylic acids is 4. The second-order valence-corrected chi connectivity index (χ2v) is 9.55. The van der Waals surface area contributed by atoms with E-state index in [-0.39, 0.29) is 10.6 Å². The largest absolute Gasteiger partial charge is 0.481 e. The first-order valence-electron chi connectivity index (χ1n) is 10.8. The van der Waals surface area contributed by atoms with Crippen LogP contribution in [0.25, 0.3) is 0 Å². The molecule has 3 amide bonds. The summed E-state index contributed by atoms with van der Waals surface area (Å²) < 4.78 is 0. The van der Waals surface area contributed by atoms with Crippen molar-refractivity contribution in [2.24, 2.45) is 5.41 Å². The van der Waals surface area contributed by atoms with Crippen LogP contribution >= 0.6 is 11.6 Å². The molecule has 1 fully saturated rings. The number of nitrogens with zero attached hydrogens (tertiary/aromatic N) is 1. The van der Waals surface area contributed by atoms with Crippen molar-refractivity contribution in [2.75, 3.05) is 6.54 Å². The molecule has 0 aromatic heterocycles. The average molecular weight is 480 g/mol. The molecule has 1 heterocycles. The van der Waals surface area contributed by atoms with Gasteiger partial charge in [-0.05, 0) is 36.8 Å². The normalized spacial score (nSPS) is 18.1. The molecule has 1 saturated heterocycles. The fourth-order valence-electron chi connectivity index (χ4n) is 3.74. The highest BCUT2D eigenvalue weighted by atomic mass is 35.5. The van der Waals surface area contributed by atoms with Crippen LogP contribution in [-0.2, 0) is 19.2 Å². The zero-order valence-corrected chi connectivity index (χ0v) is 19.7. The van der Waals surface area contributed by atoms with E-state index >= 15 is 0 Å². The molecule has 1 aliphatic heterocycles. The molecule has 1 aromatic rings. The molecule has 3 N–H and O–H groups in total. The van der Waals surface area contributed by atoms with E-state index in [1.165, 1.54) is 4.90 Å². The lowest BCUT2D eigenvalue weighted by atomic mass is 9.84. The summed E-state index contributed by atoms with van der Waals surface area (Å²) >= 11 is 6.13. The molecule has 0 bridgehead atoms. The van der Waals surface area contributed by atoms with E-state index in [9.17, 15) is 24.0 Å². The molecule has 33 heavy (non-hydrogen) atoms. The second-order valence-electron chi connectivity index (χ2n) is 9.14. The van der Waals surface area contributed by atoms with Crippen LogP contribution in [-0.4, -0.2) is 64.7 Å². The van der Waals surface area contributed by atoms with E-state index in [4.69, 9.17) is 16.7 Å². The van der Waals surface area contributed by atoms with Gasteiger partial charge in [-0.3, -0.25) is 19.2 Å². The maximum atomic E-state index is 13.6. The second kappa shape index (κ2) is 11.3. The van der Waals surface area contributed by atoms with Crippen molar-refractivity contribution in [3.8, 4) is 0 Å². The van der Waals surface area contributed by atoms with Crippen molar-refractivity contribution in [3.05, 3.63) is 34.9 Å². The Labute approximate surface area is 197 Å². The van der Waals surface area contributed by atoms with Crippen LogP contribution in [0.1, 0.15) is 56.8 Å². The summed E-state index contributed by atoms with van der Waals surface area (Å²) in [5.74, 6) is -2.75.